The van der Waals surface area contributed by atoms with E-state index < -0.39 is 0 Å². The van der Waals surface area contributed by atoms with Gasteiger partial charge in [-0.1, -0.05) is 18.2 Å². The number of benzene rings is 2. The normalized spacial score (nSPS) is 10.6. The van der Waals surface area contributed by atoms with Crippen LogP contribution in [0.3, 0.4) is 0 Å². The molecule has 0 radical (unpaired) electrons. The summed E-state index contributed by atoms with van der Waals surface area (Å²) in [6, 6.07) is 10.6. The van der Waals surface area contributed by atoms with E-state index >= 15 is 0 Å². The Labute approximate surface area is 161 Å². The van der Waals surface area contributed by atoms with Gasteiger partial charge in [0.2, 0.25) is 5.82 Å². The van der Waals surface area contributed by atoms with Crippen LogP contribution in [0.1, 0.15) is 11.1 Å². The number of para-hydroxylation sites is 2. The Hall–Kier alpha value is -3.32. The number of aromatic amines is 1. The number of phenolic OH excluding ortho intramolecular Hbond substituents is 1. The number of allylic oxidation sites excluding steroid dienone is 1. The van der Waals surface area contributed by atoms with E-state index in [1.165, 1.54) is 13.3 Å². The van der Waals surface area contributed by atoms with Gasteiger partial charge in [0.05, 0.1) is 24.4 Å². The maximum Gasteiger partial charge on any atom is 0.293 e. The van der Waals surface area contributed by atoms with Crippen molar-refractivity contribution in [2.24, 2.45) is 5.10 Å². The monoisotopic (exact) mass is 386 g/mol. The molecule has 140 valence electrons. The quantitative estimate of drug-likeness (QED) is 0.343. The average Bonchev–Trinajstić information content (AvgIpc) is 2.64. The Balaban J connectivity index is 0.00000261. The first-order valence-electron chi connectivity index (χ1n) is 7.91. The SMILES string of the molecule is C=CCc1cc(/C=N/Nc2nc3ccccc3[nH]c2=O)cc(OC)c1O.Cl. The van der Waals surface area contributed by atoms with Crippen LogP contribution in [0.25, 0.3) is 11.0 Å². The predicted molar refractivity (Wildman–Crippen MR) is 109 cm³/mol. The highest BCUT2D eigenvalue weighted by atomic mass is 35.5. The first kappa shape index (κ1) is 20.0. The molecule has 0 saturated heterocycles. The van der Waals surface area contributed by atoms with Crippen molar-refractivity contribution >= 4 is 35.5 Å². The second kappa shape index (κ2) is 8.86. The summed E-state index contributed by atoms with van der Waals surface area (Å²) in [5, 5.41) is 14.2. The number of phenols is 1. The maximum absolute atomic E-state index is 12.0. The van der Waals surface area contributed by atoms with Crippen molar-refractivity contribution in [3.05, 3.63) is 70.5 Å². The number of H-pyrrole nitrogens is 1. The van der Waals surface area contributed by atoms with E-state index in [2.05, 4.69) is 27.1 Å². The molecule has 1 aromatic heterocycles. The van der Waals surface area contributed by atoms with E-state index in [4.69, 9.17) is 4.74 Å². The lowest BCUT2D eigenvalue weighted by molar-refractivity contribution is 0.371. The first-order valence-corrected chi connectivity index (χ1v) is 7.91. The highest BCUT2D eigenvalue weighted by Gasteiger charge is 2.09. The van der Waals surface area contributed by atoms with Crippen molar-refractivity contribution in [2.45, 2.75) is 6.42 Å². The number of nitrogens with one attached hydrogen (secondary N) is 2. The number of hydrazone groups is 1. The molecule has 3 aromatic rings. The van der Waals surface area contributed by atoms with Crippen molar-refractivity contribution < 1.29 is 9.84 Å². The fourth-order valence-corrected chi connectivity index (χ4v) is 2.50. The number of nitrogens with zero attached hydrogens (tertiary/aromatic N) is 2. The van der Waals surface area contributed by atoms with E-state index in [1.54, 1.807) is 30.3 Å². The van der Waals surface area contributed by atoms with Gasteiger partial charge < -0.3 is 14.8 Å². The summed E-state index contributed by atoms with van der Waals surface area (Å²) in [6.07, 6.45) is 3.69. The lowest BCUT2D eigenvalue weighted by Crippen LogP contribution is -2.13. The molecule has 0 fully saturated rings. The van der Waals surface area contributed by atoms with Crippen molar-refractivity contribution in [1.29, 1.82) is 0 Å². The van der Waals surface area contributed by atoms with Crippen LogP contribution in [0.4, 0.5) is 5.82 Å². The van der Waals surface area contributed by atoms with Crippen LogP contribution in [-0.2, 0) is 6.42 Å². The van der Waals surface area contributed by atoms with Gasteiger partial charge in [-0.3, -0.25) is 10.2 Å². The van der Waals surface area contributed by atoms with E-state index in [1.807, 2.05) is 12.1 Å². The molecule has 0 unspecified atom stereocenters. The Bertz CT molecular complexity index is 1050. The number of halogens is 1. The average molecular weight is 387 g/mol. The number of anilines is 1. The van der Waals surface area contributed by atoms with E-state index in [0.717, 1.165) is 0 Å². The highest BCUT2D eigenvalue weighted by Crippen LogP contribution is 2.31. The van der Waals surface area contributed by atoms with E-state index in [9.17, 15) is 9.90 Å². The minimum atomic E-state index is -0.364. The third-order valence-corrected chi connectivity index (χ3v) is 3.74. The third-order valence-electron chi connectivity index (χ3n) is 3.74. The van der Waals surface area contributed by atoms with E-state index in [0.29, 0.717) is 34.3 Å². The number of hydrogen-bond acceptors (Lipinski definition) is 6. The number of fused-ring (bicyclic) bond motifs is 1. The van der Waals surface area contributed by atoms with E-state index in [-0.39, 0.29) is 29.5 Å². The van der Waals surface area contributed by atoms with Crippen LogP contribution < -0.4 is 15.7 Å². The third kappa shape index (κ3) is 4.45. The van der Waals surface area contributed by atoms with Gasteiger partial charge in [0.15, 0.2) is 11.5 Å². The Morgan fingerprint density at radius 2 is 2.15 bits per heavy atom. The zero-order valence-corrected chi connectivity index (χ0v) is 15.4. The molecular formula is C19H19ClN4O3. The largest absolute Gasteiger partial charge is 0.504 e. The van der Waals surface area contributed by atoms with Gasteiger partial charge >= 0.3 is 0 Å². The Morgan fingerprint density at radius 1 is 1.37 bits per heavy atom. The second-order valence-electron chi connectivity index (χ2n) is 5.53. The number of aromatic nitrogens is 2. The van der Waals surface area contributed by atoms with Gasteiger partial charge in [-0.15, -0.1) is 19.0 Å². The van der Waals surface area contributed by atoms with Crippen molar-refractivity contribution in [3.63, 3.8) is 0 Å². The zero-order chi connectivity index (χ0) is 18.5. The standard InChI is InChI=1S/C19H18N4O3.ClH/c1-3-6-13-9-12(10-16(26-2)17(13)24)11-20-23-18-19(25)22-15-8-5-4-7-14(15)21-18;/h3-5,7-11,24H,1,6H2,2H3,(H,21,23)(H,22,25);1H/b20-11+;. The summed E-state index contributed by atoms with van der Waals surface area (Å²) in [7, 11) is 1.48. The molecule has 0 aliphatic heterocycles. The molecule has 3 rings (SSSR count). The van der Waals surface area contributed by atoms with Crippen molar-refractivity contribution in [1.82, 2.24) is 9.97 Å². The smallest absolute Gasteiger partial charge is 0.293 e. The molecular weight excluding hydrogens is 368 g/mol. The second-order valence-corrected chi connectivity index (χ2v) is 5.53. The number of aromatic hydroxyl groups is 1. The van der Waals surface area contributed by atoms with Gasteiger partial charge in [0.1, 0.15) is 0 Å². The van der Waals surface area contributed by atoms with Crippen LogP contribution in [0.2, 0.25) is 0 Å². The van der Waals surface area contributed by atoms with Crippen LogP contribution in [-0.4, -0.2) is 28.4 Å². The molecule has 27 heavy (non-hydrogen) atoms. The highest BCUT2D eigenvalue weighted by molar-refractivity contribution is 5.85. The Kier molecular flexibility index (Phi) is 6.56. The van der Waals surface area contributed by atoms with Crippen molar-refractivity contribution in [2.75, 3.05) is 12.5 Å². The molecule has 0 spiro atoms. The van der Waals surface area contributed by atoms with Gasteiger partial charge in [0.25, 0.3) is 5.56 Å². The lowest BCUT2D eigenvalue weighted by atomic mass is 10.1. The minimum absolute atomic E-state index is 0. The molecule has 8 heteroatoms. The summed E-state index contributed by atoms with van der Waals surface area (Å²) < 4.78 is 5.17. The number of ether oxygens (including phenoxy) is 1. The Morgan fingerprint density at radius 3 is 2.89 bits per heavy atom. The fourth-order valence-electron chi connectivity index (χ4n) is 2.50. The summed E-state index contributed by atoms with van der Waals surface area (Å²) in [5.41, 5.74) is 4.96. The molecule has 2 aromatic carbocycles. The summed E-state index contributed by atoms with van der Waals surface area (Å²) >= 11 is 0. The molecule has 0 bridgehead atoms. The molecule has 0 amide bonds. The van der Waals surface area contributed by atoms with Crippen LogP contribution in [0, 0.1) is 0 Å². The molecule has 0 aliphatic carbocycles. The molecule has 0 aliphatic rings. The topological polar surface area (TPSA) is 99.6 Å². The summed E-state index contributed by atoms with van der Waals surface area (Å²) in [5.74, 6) is 0.509. The first-order chi connectivity index (χ1) is 12.6. The fraction of sp³-hybridized carbons (Fsp3) is 0.105. The summed E-state index contributed by atoms with van der Waals surface area (Å²) in [6.45, 7) is 3.67. The molecule has 7 nitrogen and oxygen atoms in total. The van der Waals surface area contributed by atoms with Gasteiger partial charge in [0, 0.05) is 5.56 Å². The number of rotatable bonds is 6. The minimum Gasteiger partial charge on any atom is -0.504 e. The van der Waals surface area contributed by atoms with Gasteiger partial charge in [-0.2, -0.15) is 5.10 Å². The molecule has 0 saturated carbocycles. The van der Waals surface area contributed by atoms with Gasteiger partial charge in [-0.25, -0.2) is 4.98 Å². The van der Waals surface area contributed by atoms with Crippen LogP contribution >= 0.6 is 12.4 Å². The number of hydrogen-bond donors (Lipinski definition) is 3. The van der Waals surface area contributed by atoms with Crippen LogP contribution in [0.5, 0.6) is 11.5 Å². The zero-order valence-electron chi connectivity index (χ0n) is 14.6. The van der Waals surface area contributed by atoms with Crippen molar-refractivity contribution in [3.8, 4) is 11.5 Å². The molecule has 3 N–H and O–H groups in total. The maximum atomic E-state index is 12.0. The lowest BCUT2D eigenvalue weighted by Gasteiger charge is -2.09. The summed E-state index contributed by atoms with van der Waals surface area (Å²) in [4.78, 5) is 19.0. The van der Waals surface area contributed by atoms with Crippen LogP contribution in [0.15, 0.2) is 58.9 Å². The molecule has 1 heterocycles. The molecule has 0 atom stereocenters. The van der Waals surface area contributed by atoms with Gasteiger partial charge in [-0.05, 0) is 36.2 Å². The predicted octanol–water partition coefficient (Wildman–Crippen LogP) is 3.23. The number of methoxy groups -OCH3 is 1.